The lowest BCUT2D eigenvalue weighted by Crippen LogP contribution is -2.70. The second kappa shape index (κ2) is 10.9. The van der Waals surface area contributed by atoms with Gasteiger partial charge >= 0.3 is 0 Å². The maximum absolute atomic E-state index is 14.2. The molecule has 0 aliphatic heterocycles. The van der Waals surface area contributed by atoms with Crippen molar-refractivity contribution >= 4 is 62.7 Å². The molecule has 9 N–H and O–H groups in total. The van der Waals surface area contributed by atoms with Crippen molar-refractivity contribution in [1.29, 1.82) is 0 Å². The molecule has 6 atom stereocenters. The van der Waals surface area contributed by atoms with Gasteiger partial charge in [0.05, 0.1) is 29.3 Å². The summed E-state index contributed by atoms with van der Waals surface area (Å²) in [6.07, 6.45) is -1.67. The summed E-state index contributed by atoms with van der Waals surface area (Å²) >= 11 is 5.51. The van der Waals surface area contributed by atoms with Gasteiger partial charge in [-0.05, 0) is 55.3 Å². The Hall–Kier alpha value is -4.82. The Morgan fingerprint density at radius 1 is 0.978 bits per heavy atom. The van der Waals surface area contributed by atoms with E-state index in [9.17, 15) is 39.9 Å². The average Bonchev–Trinajstić information content (AvgIpc) is 3.00. The van der Waals surface area contributed by atoms with Gasteiger partial charge < -0.3 is 41.9 Å². The van der Waals surface area contributed by atoms with Crippen LogP contribution in [0.4, 0.5) is 11.4 Å². The van der Waals surface area contributed by atoms with Gasteiger partial charge in [0.15, 0.2) is 16.5 Å². The highest BCUT2D eigenvalue weighted by atomic mass is 32.1. The lowest BCUT2D eigenvalue weighted by molar-refractivity contribution is -0.169. The largest absolute Gasteiger partial charge is 0.508 e. The fraction of sp³-hybridized carbons (Fsp3) is 0.273. The normalized spacial score (nSPS) is 27.3. The highest BCUT2D eigenvalue weighted by Gasteiger charge is 2.68. The molecule has 0 heterocycles. The van der Waals surface area contributed by atoms with Crippen LogP contribution in [0.1, 0.15) is 24.0 Å². The van der Waals surface area contributed by atoms with Crippen LogP contribution in [0.25, 0.3) is 16.5 Å². The molecule has 13 heteroatoms. The number of phenolic OH excluding ortho intramolecular Hbond substituents is 1. The van der Waals surface area contributed by atoms with Crippen LogP contribution in [0.15, 0.2) is 71.5 Å². The number of aliphatic hydroxyl groups is 4. The number of fused-ring (bicyclic) bond motifs is 4. The minimum Gasteiger partial charge on any atom is -0.508 e. The summed E-state index contributed by atoms with van der Waals surface area (Å²) in [4.78, 5) is 41.0. The van der Waals surface area contributed by atoms with Crippen molar-refractivity contribution in [3.63, 3.8) is 0 Å². The topological polar surface area (TPSA) is 206 Å². The Bertz CT molecular complexity index is 1930. The zero-order chi connectivity index (χ0) is 33.4. The molecule has 0 spiro atoms. The Balaban J connectivity index is 1.43. The van der Waals surface area contributed by atoms with Gasteiger partial charge in [0.1, 0.15) is 22.8 Å². The third-order valence-corrected chi connectivity index (χ3v) is 9.62. The van der Waals surface area contributed by atoms with E-state index in [4.69, 9.17) is 18.0 Å². The minimum atomic E-state index is -2.99. The van der Waals surface area contributed by atoms with E-state index in [2.05, 4.69) is 10.6 Å². The highest BCUT2D eigenvalue weighted by molar-refractivity contribution is 7.80. The number of aliphatic hydroxyl groups excluding tert-OH is 3. The van der Waals surface area contributed by atoms with Crippen LogP contribution in [-0.4, -0.2) is 84.9 Å². The maximum atomic E-state index is 14.2. The molecule has 3 aromatic carbocycles. The maximum Gasteiger partial charge on any atom is 0.255 e. The average molecular weight is 645 g/mol. The number of hydrogen-bond acceptors (Lipinski definition) is 10. The van der Waals surface area contributed by atoms with Crippen LogP contribution >= 0.6 is 12.2 Å². The van der Waals surface area contributed by atoms with Crippen molar-refractivity contribution < 1.29 is 39.9 Å². The van der Waals surface area contributed by atoms with Crippen molar-refractivity contribution in [1.82, 2.24) is 4.90 Å². The molecule has 3 unspecified atom stereocenters. The highest BCUT2D eigenvalue weighted by Crippen LogP contribution is 2.56. The fourth-order valence-corrected chi connectivity index (χ4v) is 7.55. The van der Waals surface area contributed by atoms with Gasteiger partial charge in [-0.1, -0.05) is 49.4 Å². The van der Waals surface area contributed by atoms with E-state index in [0.717, 1.165) is 10.8 Å². The number of benzene rings is 3. The zero-order valence-corrected chi connectivity index (χ0v) is 25.8. The van der Waals surface area contributed by atoms with Gasteiger partial charge in [0.25, 0.3) is 5.91 Å². The third kappa shape index (κ3) is 4.31. The number of ketones is 2. The van der Waals surface area contributed by atoms with Crippen LogP contribution in [0.5, 0.6) is 5.75 Å². The van der Waals surface area contributed by atoms with E-state index in [1.807, 2.05) is 42.5 Å². The van der Waals surface area contributed by atoms with Gasteiger partial charge in [-0.2, -0.15) is 0 Å². The Morgan fingerprint density at radius 3 is 2.30 bits per heavy atom. The van der Waals surface area contributed by atoms with Gasteiger partial charge in [0, 0.05) is 22.6 Å². The number of carbonyl (C=O) groups is 3. The number of primary amides is 1. The molecule has 0 radical (unpaired) electrons. The summed E-state index contributed by atoms with van der Waals surface area (Å²) < 4.78 is 0. The molecule has 3 aliphatic carbocycles. The van der Waals surface area contributed by atoms with Crippen molar-refractivity contribution in [3.05, 3.63) is 82.6 Å². The molecule has 238 valence electrons. The first-order valence-electron chi connectivity index (χ1n) is 14.5. The van der Waals surface area contributed by atoms with E-state index < -0.39 is 81.4 Å². The van der Waals surface area contributed by atoms with E-state index in [1.54, 1.807) is 13.0 Å². The summed E-state index contributed by atoms with van der Waals surface area (Å²) in [5.74, 6) is -9.57. The van der Waals surface area contributed by atoms with Crippen LogP contribution < -0.4 is 16.4 Å². The first kappa shape index (κ1) is 31.2. The zero-order valence-electron chi connectivity index (χ0n) is 25.0. The van der Waals surface area contributed by atoms with Crippen LogP contribution in [0.2, 0.25) is 0 Å². The molecule has 1 amide bonds. The molecule has 3 aromatic rings. The molecule has 12 nitrogen and oxygen atoms in total. The Kier molecular flexibility index (Phi) is 7.40. The summed E-state index contributed by atoms with van der Waals surface area (Å²) in [7, 11) is 2.91. The molecule has 1 fully saturated rings. The number of amides is 1. The summed E-state index contributed by atoms with van der Waals surface area (Å²) in [5, 5.41) is 65.7. The molecule has 46 heavy (non-hydrogen) atoms. The van der Waals surface area contributed by atoms with Gasteiger partial charge in [0.2, 0.25) is 5.78 Å². The second-order valence-electron chi connectivity index (χ2n) is 12.1. The monoisotopic (exact) mass is 644 g/mol. The number of aromatic hydroxyl groups is 1. The Labute approximate surface area is 268 Å². The van der Waals surface area contributed by atoms with E-state index in [-0.39, 0.29) is 16.4 Å². The summed E-state index contributed by atoms with van der Waals surface area (Å²) in [5.41, 5.74) is 1.97. The fourth-order valence-electron chi connectivity index (χ4n) is 7.33. The Morgan fingerprint density at radius 2 is 1.63 bits per heavy atom. The number of phenols is 1. The van der Waals surface area contributed by atoms with Crippen molar-refractivity contribution in [3.8, 4) is 5.75 Å². The first-order valence-corrected chi connectivity index (χ1v) is 14.9. The van der Waals surface area contributed by atoms with Crippen molar-refractivity contribution in [2.45, 2.75) is 30.6 Å². The number of thiocarbonyl (C=S) groups is 1. The lowest BCUT2D eigenvalue weighted by atomic mass is 9.54. The molecule has 6 rings (SSSR count). The van der Waals surface area contributed by atoms with Crippen LogP contribution in [-0.2, 0) is 14.4 Å². The van der Waals surface area contributed by atoms with Crippen molar-refractivity contribution in [2.75, 3.05) is 24.7 Å². The quantitative estimate of drug-likeness (QED) is 0.117. The summed E-state index contributed by atoms with van der Waals surface area (Å²) in [6, 6.07) is 15.1. The summed E-state index contributed by atoms with van der Waals surface area (Å²) in [6.45, 7) is 1.66. The van der Waals surface area contributed by atoms with E-state index >= 15 is 0 Å². The smallest absolute Gasteiger partial charge is 0.255 e. The second-order valence-corrected chi connectivity index (χ2v) is 12.5. The van der Waals surface area contributed by atoms with E-state index in [0.29, 0.717) is 11.3 Å². The minimum absolute atomic E-state index is 0.0874. The predicted molar refractivity (Wildman–Crippen MR) is 174 cm³/mol. The van der Waals surface area contributed by atoms with Gasteiger partial charge in [-0.3, -0.25) is 19.3 Å². The number of nitrogens with zero attached hydrogens (tertiary/aromatic N) is 1. The number of nitrogens with one attached hydrogen (secondary N) is 2. The van der Waals surface area contributed by atoms with E-state index in [1.165, 1.54) is 25.1 Å². The van der Waals surface area contributed by atoms with Crippen LogP contribution in [0, 0.1) is 11.8 Å². The lowest BCUT2D eigenvalue weighted by Gasteiger charge is -2.53. The number of carbonyl (C=O) groups excluding carboxylic acids is 3. The standard InChI is InChI=1S/C33H32N4O8S/c1-13-15-11-12-18(36-32(46)35-17-10-6-8-14-7-4-5-9-16(14)17)25(38)20(15)26(39)21-19(13)27(40)23-24(37(2)3)28(41)22(31(34)44)30(43)33(23,45)29(21)42/h4-13,19,23-24,27,38-40,43,45H,1-3H3,(H2,34,44)(H2,35,36,46)/t13-,19?,23?,24-,27?,33-/m0/s1. The molecule has 0 saturated heterocycles. The number of rotatable bonds is 4. The molecule has 0 bridgehead atoms. The van der Waals surface area contributed by atoms with Gasteiger partial charge in [-0.25, -0.2) is 0 Å². The first-order chi connectivity index (χ1) is 21.7. The number of nitrogens with two attached hydrogens (primary N) is 1. The predicted octanol–water partition coefficient (Wildman–Crippen LogP) is 2.46. The number of anilines is 2. The van der Waals surface area contributed by atoms with Crippen molar-refractivity contribution in [2.24, 2.45) is 17.6 Å². The molecular formula is C33H32N4O8S. The van der Waals surface area contributed by atoms with Crippen LogP contribution in [0.3, 0.4) is 0 Å². The molecule has 0 aromatic heterocycles. The molecule has 3 aliphatic rings. The molecular weight excluding hydrogens is 612 g/mol. The number of Topliss-reactive ketones (excluding diaryl/α,β-unsaturated/α-hetero) is 2. The number of hydrogen-bond donors (Lipinski definition) is 8. The van der Waals surface area contributed by atoms with Gasteiger partial charge in [-0.15, -0.1) is 0 Å². The molecule has 1 saturated carbocycles. The number of likely N-dealkylation sites (N-methyl/N-ethyl adjacent to an activating group) is 1. The third-order valence-electron chi connectivity index (χ3n) is 9.42. The SMILES string of the molecule is C[C@H]1c2ccc(NC(=S)Nc3cccc4ccccc34)c(O)c2C(O)=C2C(=O)[C@]3(O)C(O)=C(C(N)=O)C(=O)[C@@H](N(C)C)C3C(O)C21.